The normalized spacial score (nSPS) is 14.0. The molecular weight excluding hydrogens is 331 g/mol. The van der Waals surface area contributed by atoms with Crippen molar-refractivity contribution in [3.63, 3.8) is 0 Å². The zero-order valence-electron chi connectivity index (χ0n) is 14.5. The molecule has 1 saturated heterocycles. The van der Waals surface area contributed by atoms with E-state index in [-0.39, 0.29) is 17.4 Å². The molecule has 0 aliphatic carbocycles. The second kappa shape index (κ2) is 6.71. The Labute approximate surface area is 150 Å². The molecule has 5 nitrogen and oxygen atoms in total. The van der Waals surface area contributed by atoms with Crippen LogP contribution < -0.4 is 10.2 Å². The summed E-state index contributed by atoms with van der Waals surface area (Å²) >= 11 is 0. The SMILES string of the molecule is Cc1ccc(NC(=O)c2nc3ccccc3nc2N2CCCC2)cc1F. The van der Waals surface area contributed by atoms with Gasteiger partial charge in [0, 0.05) is 18.8 Å². The molecule has 6 heteroatoms. The van der Waals surface area contributed by atoms with E-state index < -0.39 is 0 Å². The Morgan fingerprint density at radius 1 is 1.08 bits per heavy atom. The van der Waals surface area contributed by atoms with Crippen LogP contribution in [0.5, 0.6) is 0 Å². The number of amides is 1. The van der Waals surface area contributed by atoms with Crippen LogP contribution in [0.25, 0.3) is 11.0 Å². The number of nitrogens with one attached hydrogen (secondary N) is 1. The summed E-state index contributed by atoms with van der Waals surface area (Å²) < 4.78 is 13.8. The van der Waals surface area contributed by atoms with Gasteiger partial charge < -0.3 is 10.2 Å². The van der Waals surface area contributed by atoms with E-state index in [1.54, 1.807) is 19.1 Å². The van der Waals surface area contributed by atoms with E-state index in [0.29, 0.717) is 22.6 Å². The Morgan fingerprint density at radius 2 is 1.77 bits per heavy atom. The topological polar surface area (TPSA) is 58.1 Å². The zero-order valence-corrected chi connectivity index (χ0v) is 14.5. The van der Waals surface area contributed by atoms with Gasteiger partial charge in [-0.25, -0.2) is 14.4 Å². The average Bonchev–Trinajstić information content (AvgIpc) is 3.18. The number of carbonyl (C=O) groups excluding carboxylic acids is 1. The van der Waals surface area contributed by atoms with Crippen LogP contribution in [-0.4, -0.2) is 29.0 Å². The number of nitrogens with zero attached hydrogens (tertiary/aromatic N) is 3. The van der Waals surface area contributed by atoms with Gasteiger partial charge in [-0.05, 0) is 49.6 Å². The van der Waals surface area contributed by atoms with Crippen LogP contribution in [0.4, 0.5) is 15.9 Å². The molecule has 132 valence electrons. The third-order valence-electron chi connectivity index (χ3n) is 4.60. The van der Waals surface area contributed by atoms with Crippen molar-refractivity contribution in [3.8, 4) is 0 Å². The smallest absolute Gasteiger partial charge is 0.278 e. The Morgan fingerprint density at radius 3 is 2.46 bits per heavy atom. The Bertz CT molecular complexity index is 983. The van der Waals surface area contributed by atoms with Crippen LogP contribution >= 0.6 is 0 Å². The monoisotopic (exact) mass is 350 g/mol. The quantitative estimate of drug-likeness (QED) is 0.778. The van der Waals surface area contributed by atoms with Crippen molar-refractivity contribution in [2.75, 3.05) is 23.3 Å². The molecule has 26 heavy (non-hydrogen) atoms. The average molecular weight is 350 g/mol. The van der Waals surface area contributed by atoms with Gasteiger partial charge in [0.25, 0.3) is 5.91 Å². The largest absolute Gasteiger partial charge is 0.355 e. The molecule has 1 aliphatic rings. The highest BCUT2D eigenvalue weighted by Gasteiger charge is 2.23. The highest BCUT2D eigenvalue weighted by atomic mass is 19.1. The highest BCUT2D eigenvalue weighted by molar-refractivity contribution is 6.07. The molecule has 0 unspecified atom stereocenters. The molecule has 1 amide bonds. The Kier molecular flexibility index (Phi) is 4.24. The van der Waals surface area contributed by atoms with Crippen LogP contribution in [0, 0.1) is 12.7 Å². The van der Waals surface area contributed by atoms with Gasteiger partial charge in [-0.1, -0.05) is 18.2 Å². The minimum Gasteiger partial charge on any atom is -0.355 e. The van der Waals surface area contributed by atoms with Crippen molar-refractivity contribution in [3.05, 3.63) is 59.5 Å². The Hall–Kier alpha value is -3.02. The number of carbonyl (C=O) groups is 1. The van der Waals surface area contributed by atoms with E-state index in [2.05, 4.69) is 20.2 Å². The van der Waals surface area contributed by atoms with Crippen LogP contribution in [0.1, 0.15) is 28.9 Å². The van der Waals surface area contributed by atoms with Gasteiger partial charge in [-0.2, -0.15) is 0 Å². The first kappa shape index (κ1) is 16.4. The minimum atomic E-state index is -0.381. The number of benzene rings is 2. The van der Waals surface area contributed by atoms with E-state index in [1.807, 2.05) is 24.3 Å². The first-order valence-corrected chi connectivity index (χ1v) is 8.71. The van der Waals surface area contributed by atoms with Crippen LogP contribution in [-0.2, 0) is 0 Å². The standard InChI is InChI=1S/C20H19FN4O/c1-13-8-9-14(12-15(13)21)22-20(26)18-19(25-10-4-5-11-25)24-17-7-3-2-6-16(17)23-18/h2-3,6-9,12H,4-5,10-11H2,1H3,(H,22,26). The number of aryl methyl sites for hydroxylation is 1. The van der Waals surface area contributed by atoms with Crippen LogP contribution in [0.2, 0.25) is 0 Å². The second-order valence-electron chi connectivity index (χ2n) is 6.50. The number of fused-ring (bicyclic) bond motifs is 1. The number of anilines is 2. The van der Waals surface area contributed by atoms with Crippen molar-refractivity contribution in [1.29, 1.82) is 0 Å². The molecular formula is C20H19FN4O. The number of hydrogen-bond donors (Lipinski definition) is 1. The summed E-state index contributed by atoms with van der Waals surface area (Å²) in [6, 6.07) is 12.1. The lowest BCUT2D eigenvalue weighted by atomic mass is 10.2. The summed E-state index contributed by atoms with van der Waals surface area (Å²) in [6.45, 7) is 3.39. The number of para-hydroxylation sites is 2. The van der Waals surface area contributed by atoms with Crippen LogP contribution in [0.15, 0.2) is 42.5 Å². The lowest BCUT2D eigenvalue weighted by molar-refractivity contribution is 0.102. The van der Waals surface area contributed by atoms with E-state index >= 15 is 0 Å². The van der Waals surface area contributed by atoms with Gasteiger partial charge in [0.15, 0.2) is 11.5 Å². The molecule has 4 rings (SSSR count). The second-order valence-corrected chi connectivity index (χ2v) is 6.50. The van der Waals surface area contributed by atoms with E-state index in [0.717, 1.165) is 31.4 Å². The Balaban J connectivity index is 1.74. The van der Waals surface area contributed by atoms with Gasteiger partial charge in [-0.3, -0.25) is 4.79 Å². The number of halogens is 1. The van der Waals surface area contributed by atoms with Gasteiger partial charge in [0.1, 0.15) is 5.82 Å². The van der Waals surface area contributed by atoms with Crippen LogP contribution in [0.3, 0.4) is 0 Å². The summed E-state index contributed by atoms with van der Waals surface area (Å²) in [6.07, 6.45) is 2.14. The molecule has 1 aromatic heterocycles. The molecule has 2 heterocycles. The fourth-order valence-electron chi connectivity index (χ4n) is 3.15. The molecule has 3 aromatic rings. The van der Waals surface area contributed by atoms with E-state index in [4.69, 9.17) is 0 Å². The van der Waals surface area contributed by atoms with E-state index in [9.17, 15) is 9.18 Å². The maximum atomic E-state index is 13.8. The fourth-order valence-corrected chi connectivity index (χ4v) is 3.15. The number of hydrogen-bond acceptors (Lipinski definition) is 4. The maximum absolute atomic E-state index is 13.8. The summed E-state index contributed by atoms with van der Waals surface area (Å²) in [5.74, 6) is -0.146. The van der Waals surface area contributed by atoms with Gasteiger partial charge >= 0.3 is 0 Å². The van der Waals surface area contributed by atoms with E-state index in [1.165, 1.54) is 6.07 Å². The molecule has 0 radical (unpaired) electrons. The fraction of sp³-hybridized carbons (Fsp3) is 0.250. The maximum Gasteiger partial charge on any atom is 0.278 e. The predicted octanol–water partition coefficient (Wildman–Crippen LogP) is 3.93. The van der Waals surface area contributed by atoms with Gasteiger partial charge in [-0.15, -0.1) is 0 Å². The molecule has 1 fully saturated rings. The molecule has 0 saturated carbocycles. The molecule has 1 N–H and O–H groups in total. The third kappa shape index (κ3) is 3.10. The molecule has 1 aliphatic heterocycles. The van der Waals surface area contributed by atoms with Crippen molar-refractivity contribution >= 4 is 28.4 Å². The number of rotatable bonds is 3. The lowest BCUT2D eigenvalue weighted by Crippen LogP contribution is -2.25. The number of aromatic nitrogens is 2. The van der Waals surface area contributed by atoms with Crippen molar-refractivity contribution in [1.82, 2.24) is 9.97 Å². The summed E-state index contributed by atoms with van der Waals surface area (Å²) in [5, 5.41) is 2.75. The van der Waals surface area contributed by atoms with Gasteiger partial charge in [0.2, 0.25) is 0 Å². The predicted molar refractivity (Wildman–Crippen MR) is 100 cm³/mol. The van der Waals surface area contributed by atoms with Gasteiger partial charge in [0.05, 0.1) is 11.0 Å². The summed E-state index contributed by atoms with van der Waals surface area (Å²) in [7, 11) is 0. The first-order chi connectivity index (χ1) is 12.6. The van der Waals surface area contributed by atoms with Crippen molar-refractivity contribution in [2.45, 2.75) is 19.8 Å². The summed E-state index contributed by atoms with van der Waals surface area (Å²) in [5.41, 5.74) is 2.63. The summed E-state index contributed by atoms with van der Waals surface area (Å²) in [4.78, 5) is 24.2. The first-order valence-electron chi connectivity index (χ1n) is 8.71. The highest BCUT2D eigenvalue weighted by Crippen LogP contribution is 2.25. The van der Waals surface area contributed by atoms with Crippen molar-refractivity contribution in [2.24, 2.45) is 0 Å². The zero-order chi connectivity index (χ0) is 18.1. The molecule has 0 atom stereocenters. The molecule has 0 spiro atoms. The lowest BCUT2D eigenvalue weighted by Gasteiger charge is -2.19. The minimum absolute atomic E-state index is 0.270. The van der Waals surface area contributed by atoms with Crippen molar-refractivity contribution < 1.29 is 9.18 Å². The molecule has 0 bridgehead atoms. The third-order valence-corrected chi connectivity index (χ3v) is 4.60. The molecule has 2 aromatic carbocycles.